The molecule has 0 radical (unpaired) electrons. The summed E-state index contributed by atoms with van der Waals surface area (Å²) in [5.41, 5.74) is 13.4. The normalized spacial score (nSPS) is 17.3. The average molecular weight is 566 g/mol. The summed E-state index contributed by atoms with van der Waals surface area (Å²) in [5, 5.41) is 10.3. The molecule has 3 aliphatic rings. The number of anilines is 2. The topological polar surface area (TPSA) is 42.2 Å². The SMILES string of the molecule is CC1=C/C(=C/C=C/c2cc(C)[n+](-c3ccccc3)c3c4c(nn23)CCCC4)n2nc3c(c2N1c1ccccc1)CCCC3. The van der Waals surface area contributed by atoms with E-state index in [2.05, 4.69) is 124 Å². The first-order chi connectivity index (χ1) is 21.2. The largest absolute Gasteiger partial charge is 0.318 e. The number of aromatic nitrogens is 5. The Morgan fingerprint density at radius 1 is 0.767 bits per heavy atom. The van der Waals surface area contributed by atoms with Crippen LogP contribution in [0.4, 0.5) is 11.5 Å². The zero-order valence-electron chi connectivity index (χ0n) is 25.0. The van der Waals surface area contributed by atoms with Gasteiger partial charge in [0.15, 0.2) is 5.69 Å². The molecule has 3 aromatic heterocycles. The minimum Gasteiger partial charge on any atom is -0.299 e. The van der Waals surface area contributed by atoms with Gasteiger partial charge in [0.1, 0.15) is 17.2 Å². The van der Waals surface area contributed by atoms with Crippen molar-refractivity contribution in [2.24, 2.45) is 0 Å². The molecule has 4 heterocycles. The molecule has 0 unspecified atom stereocenters. The summed E-state index contributed by atoms with van der Waals surface area (Å²) in [6.07, 6.45) is 17.9. The van der Waals surface area contributed by atoms with Crippen LogP contribution in [0, 0.1) is 6.92 Å². The van der Waals surface area contributed by atoms with Crippen LogP contribution in [0.2, 0.25) is 0 Å². The van der Waals surface area contributed by atoms with E-state index in [9.17, 15) is 0 Å². The van der Waals surface area contributed by atoms with E-state index in [1.807, 2.05) is 0 Å². The number of nitrogens with zero attached hydrogens (tertiary/aromatic N) is 6. The highest BCUT2D eigenvalue weighted by Crippen LogP contribution is 2.41. The van der Waals surface area contributed by atoms with Gasteiger partial charge in [-0.25, -0.2) is 4.68 Å². The minimum absolute atomic E-state index is 1.05. The Morgan fingerprint density at radius 2 is 1.44 bits per heavy atom. The van der Waals surface area contributed by atoms with Crippen molar-refractivity contribution in [3.8, 4) is 5.69 Å². The molecular weight excluding hydrogens is 528 g/mol. The number of allylic oxidation sites excluding steroid dienone is 5. The van der Waals surface area contributed by atoms with E-state index in [1.54, 1.807) is 0 Å². The van der Waals surface area contributed by atoms with Crippen LogP contribution in [0.25, 0.3) is 23.1 Å². The molecule has 0 spiro atoms. The van der Waals surface area contributed by atoms with Crippen LogP contribution in [0.15, 0.2) is 90.7 Å². The van der Waals surface area contributed by atoms with E-state index in [0.29, 0.717) is 0 Å². The molecule has 0 bridgehead atoms. The third-order valence-corrected chi connectivity index (χ3v) is 9.15. The lowest BCUT2D eigenvalue weighted by molar-refractivity contribution is -0.578. The van der Waals surface area contributed by atoms with Crippen molar-refractivity contribution in [2.75, 3.05) is 4.90 Å². The second kappa shape index (κ2) is 10.5. The van der Waals surface area contributed by atoms with Crippen LogP contribution in [0.5, 0.6) is 0 Å². The summed E-state index contributed by atoms with van der Waals surface area (Å²) in [4.78, 5) is 2.37. The number of fused-ring (bicyclic) bond motifs is 6. The van der Waals surface area contributed by atoms with E-state index in [0.717, 1.165) is 37.1 Å². The number of hydrogen-bond donors (Lipinski definition) is 0. The van der Waals surface area contributed by atoms with Crippen molar-refractivity contribution < 1.29 is 4.57 Å². The summed E-state index contributed by atoms with van der Waals surface area (Å²) < 4.78 is 6.71. The molecule has 6 heteroatoms. The van der Waals surface area contributed by atoms with Crippen LogP contribution in [-0.2, 0) is 25.7 Å². The van der Waals surface area contributed by atoms with Gasteiger partial charge in [0.2, 0.25) is 0 Å². The van der Waals surface area contributed by atoms with Gasteiger partial charge in [0.05, 0.1) is 22.6 Å². The van der Waals surface area contributed by atoms with Crippen LogP contribution in [-0.4, -0.2) is 19.4 Å². The standard InChI is InChI=1S/C37H37N6/c1-26-24-30(42-36(32-20-9-11-22-34(32)38-42)40(26)28-14-5-3-6-15-28)18-13-19-31-25-27(2)41(29-16-7-4-8-17-29)37-33-21-10-12-23-35(33)39-43(31)37/h3-8,13-19,24-25H,9-12,20-23H2,1-2H3/q+1. The summed E-state index contributed by atoms with van der Waals surface area (Å²) in [6, 6.07) is 23.6. The number of aryl methyl sites for hydroxylation is 4. The fourth-order valence-electron chi connectivity index (χ4n) is 7.19. The van der Waals surface area contributed by atoms with E-state index in [4.69, 9.17) is 10.2 Å². The Kier molecular flexibility index (Phi) is 6.36. The first kappa shape index (κ1) is 26.0. The minimum atomic E-state index is 1.05. The van der Waals surface area contributed by atoms with Gasteiger partial charge in [-0.05, 0) is 108 Å². The molecule has 8 rings (SSSR count). The zero-order chi connectivity index (χ0) is 28.9. The van der Waals surface area contributed by atoms with Crippen LogP contribution >= 0.6 is 0 Å². The fraction of sp³-hybridized carbons (Fsp3) is 0.270. The van der Waals surface area contributed by atoms with Gasteiger partial charge in [-0.3, -0.25) is 4.90 Å². The predicted molar refractivity (Wildman–Crippen MR) is 173 cm³/mol. The van der Waals surface area contributed by atoms with Crippen molar-refractivity contribution >= 4 is 28.9 Å². The smallest absolute Gasteiger partial charge is 0.299 e. The molecule has 1 aliphatic heterocycles. The van der Waals surface area contributed by atoms with Crippen LogP contribution in [0.3, 0.4) is 0 Å². The molecule has 2 aliphatic carbocycles. The van der Waals surface area contributed by atoms with E-state index >= 15 is 0 Å². The average Bonchev–Trinajstić information content (AvgIpc) is 3.62. The first-order valence-corrected chi connectivity index (χ1v) is 15.7. The Balaban J connectivity index is 1.24. The lowest BCUT2D eigenvalue weighted by Gasteiger charge is -2.31. The maximum atomic E-state index is 5.17. The lowest BCUT2D eigenvalue weighted by Crippen LogP contribution is -2.37. The van der Waals surface area contributed by atoms with Gasteiger partial charge in [-0.15, -0.1) is 0 Å². The van der Waals surface area contributed by atoms with Gasteiger partial charge in [0.25, 0.3) is 0 Å². The monoisotopic (exact) mass is 565 g/mol. The van der Waals surface area contributed by atoms with E-state index in [1.165, 1.54) is 82.4 Å². The van der Waals surface area contributed by atoms with Crippen molar-refractivity contribution in [3.63, 3.8) is 0 Å². The number of benzene rings is 2. The van der Waals surface area contributed by atoms with E-state index in [-0.39, 0.29) is 0 Å². The first-order valence-electron chi connectivity index (χ1n) is 15.7. The summed E-state index contributed by atoms with van der Waals surface area (Å²) >= 11 is 0. The van der Waals surface area contributed by atoms with Crippen molar-refractivity contribution in [3.05, 3.63) is 125 Å². The fourth-order valence-corrected chi connectivity index (χ4v) is 7.19. The second-order valence-electron chi connectivity index (χ2n) is 12.0. The highest BCUT2D eigenvalue weighted by molar-refractivity contribution is 5.80. The number of rotatable bonds is 4. The molecule has 214 valence electrons. The van der Waals surface area contributed by atoms with Gasteiger partial charge in [-0.2, -0.15) is 9.67 Å². The van der Waals surface area contributed by atoms with Crippen LogP contribution < -0.4 is 9.47 Å². The molecule has 0 saturated carbocycles. The molecule has 0 fully saturated rings. The third kappa shape index (κ3) is 4.35. The highest BCUT2D eigenvalue weighted by Gasteiger charge is 2.31. The molecule has 5 aromatic rings. The molecule has 43 heavy (non-hydrogen) atoms. The molecular formula is C37H37N6+. The van der Waals surface area contributed by atoms with Gasteiger partial charge < -0.3 is 0 Å². The van der Waals surface area contributed by atoms with Crippen molar-refractivity contribution in [1.82, 2.24) is 19.4 Å². The Hall–Kier alpha value is -4.71. The molecule has 0 saturated heterocycles. The van der Waals surface area contributed by atoms with E-state index < -0.39 is 0 Å². The van der Waals surface area contributed by atoms with Crippen molar-refractivity contribution in [2.45, 2.75) is 65.2 Å². The van der Waals surface area contributed by atoms with Crippen LogP contribution in [0.1, 0.15) is 66.5 Å². The summed E-state index contributed by atoms with van der Waals surface area (Å²) in [6.45, 7) is 4.41. The van der Waals surface area contributed by atoms with Gasteiger partial charge >= 0.3 is 5.65 Å². The summed E-state index contributed by atoms with van der Waals surface area (Å²) in [7, 11) is 0. The predicted octanol–water partition coefficient (Wildman–Crippen LogP) is 7.48. The quantitative estimate of drug-likeness (QED) is 0.212. The van der Waals surface area contributed by atoms with Crippen molar-refractivity contribution in [1.29, 1.82) is 0 Å². The molecule has 2 aromatic carbocycles. The zero-order valence-corrected chi connectivity index (χ0v) is 25.0. The Bertz CT molecular complexity index is 1940. The lowest BCUT2D eigenvalue weighted by atomic mass is 9.96. The molecule has 0 N–H and O–H groups in total. The number of para-hydroxylation sites is 2. The van der Waals surface area contributed by atoms with Gasteiger partial charge in [-0.1, -0.05) is 52.1 Å². The Labute approximate surface area is 252 Å². The summed E-state index contributed by atoms with van der Waals surface area (Å²) in [5.74, 6) is 1.20. The molecule has 0 amide bonds. The van der Waals surface area contributed by atoms with Gasteiger partial charge in [0, 0.05) is 23.0 Å². The maximum absolute atomic E-state index is 5.17. The molecule has 6 nitrogen and oxygen atoms in total. The Morgan fingerprint density at radius 3 is 2.21 bits per heavy atom. The number of hydrogen-bond acceptors (Lipinski definition) is 3. The second-order valence-corrected chi connectivity index (χ2v) is 12.0. The third-order valence-electron chi connectivity index (χ3n) is 9.15. The highest BCUT2D eigenvalue weighted by atomic mass is 15.4. The maximum Gasteiger partial charge on any atom is 0.318 e. The molecule has 0 atom stereocenters.